The Morgan fingerprint density at radius 2 is 1.52 bits per heavy atom. The van der Waals surface area contributed by atoms with Gasteiger partial charge in [0.1, 0.15) is 0 Å². The lowest BCUT2D eigenvalue weighted by molar-refractivity contribution is -0.140. The summed E-state index contributed by atoms with van der Waals surface area (Å²) in [6.45, 7) is 1.46. The topological polar surface area (TPSA) is 49.4 Å². The second kappa shape index (κ2) is 8.18. The van der Waals surface area contributed by atoms with Crippen molar-refractivity contribution in [3.8, 4) is 0 Å². The van der Waals surface area contributed by atoms with E-state index in [1.807, 2.05) is 30.3 Å². The lowest BCUT2D eigenvalue weighted by Gasteiger charge is -2.44. The van der Waals surface area contributed by atoms with E-state index in [1.54, 1.807) is 0 Å². The predicted molar refractivity (Wildman–Crippen MR) is 121 cm³/mol. The number of piperidine rings is 1. The van der Waals surface area contributed by atoms with Crippen LogP contribution in [0.4, 0.5) is 5.69 Å². The molecule has 2 aliphatic carbocycles. The van der Waals surface area contributed by atoms with Crippen LogP contribution in [0.3, 0.4) is 0 Å². The Labute approximate surface area is 181 Å². The zero-order valence-corrected chi connectivity index (χ0v) is 18.5. The molecule has 2 saturated carbocycles. The van der Waals surface area contributed by atoms with Gasteiger partial charge in [-0.3, -0.25) is 9.59 Å². The van der Waals surface area contributed by atoms with Gasteiger partial charge in [-0.2, -0.15) is 0 Å². The second-order valence-corrected chi connectivity index (χ2v) is 12.0. The van der Waals surface area contributed by atoms with E-state index in [0.717, 1.165) is 56.3 Å². The van der Waals surface area contributed by atoms with E-state index in [-0.39, 0.29) is 17.7 Å². The van der Waals surface area contributed by atoms with E-state index >= 15 is 0 Å². The number of nitrogens with one attached hydrogen (secondary N) is 1. The van der Waals surface area contributed by atoms with E-state index in [1.165, 1.54) is 24.3 Å². The average Bonchev–Trinajstić information content (AvgIpc) is 3.29. The molecule has 1 spiro atoms. The number of thioether (sulfide) groups is 2. The Balaban J connectivity index is 1.15. The molecule has 3 atom stereocenters. The third-order valence-corrected chi connectivity index (χ3v) is 11.5. The molecule has 6 heteroatoms. The lowest BCUT2D eigenvalue weighted by Crippen LogP contribution is -2.47. The SMILES string of the molecule is O=C(Nc1ccccc1)C1CCN(C(=O)C2C[C@H]3CC[C@@H](C2)C32SCCS2)CC1. The summed E-state index contributed by atoms with van der Waals surface area (Å²) < 4.78 is 0.444. The molecule has 1 aromatic rings. The summed E-state index contributed by atoms with van der Waals surface area (Å²) in [4.78, 5) is 27.9. The van der Waals surface area contributed by atoms with Crippen LogP contribution < -0.4 is 5.32 Å². The molecule has 2 aliphatic heterocycles. The van der Waals surface area contributed by atoms with Crippen molar-refractivity contribution in [3.05, 3.63) is 30.3 Å². The van der Waals surface area contributed by atoms with Gasteiger partial charge in [0.2, 0.25) is 11.8 Å². The van der Waals surface area contributed by atoms with Gasteiger partial charge in [0.15, 0.2) is 0 Å². The molecule has 2 amide bonds. The van der Waals surface area contributed by atoms with Crippen LogP contribution in [0.2, 0.25) is 0 Å². The predicted octanol–water partition coefficient (Wildman–Crippen LogP) is 4.48. The van der Waals surface area contributed by atoms with Gasteiger partial charge in [-0.05, 0) is 62.5 Å². The maximum atomic E-state index is 13.3. The molecule has 4 fully saturated rings. The van der Waals surface area contributed by atoms with Gasteiger partial charge in [0, 0.05) is 42.1 Å². The van der Waals surface area contributed by atoms with E-state index < -0.39 is 0 Å². The van der Waals surface area contributed by atoms with Crippen molar-refractivity contribution >= 4 is 41.0 Å². The number of amides is 2. The number of rotatable bonds is 3. The van der Waals surface area contributed by atoms with Gasteiger partial charge in [-0.1, -0.05) is 18.2 Å². The molecule has 0 aromatic heterocycles. The quantitative estimate of drug-likeness (QED) is 0.768. The number of anilines is 1. The molecule has 156 valence electrons. The van der Waals surface area contributed by atoms with Gasteiger partial charge < -0.3 is 10.2 Å². The maximum Gasteiger partial charge on any atom is 0.227 e. The van der Waals surface area contributed by atoms with Crippen LogP contribution in [0.15, 0.2) is 30.3 Å². The number of benzene rings is 1. The Bertz CT molecular complexity index is 741. The molecule has 2 bridgehead atoms. The fourth-order valence-electron chi connectivity index (χ4n) is 5.99. The van der Waals surface area contributed by atoms with E-state index in [2.05, 4.69) is 33.7 Å². The fourth-order valence-corrected chi connectivity index (χ4v) is 9.93. The number of carbonyl (C=O) groups excluding carboxylic acids is 2. The number of likely N-dealkylation sites (tertiary alicyclic amines) is 1. The molecule has 0 radical (unpaired) electrons. The number of hydrogen-bond donors (Lipinski definition) is 1. The molecule has 29 heavy (non-hydrogen) atoms. The fraction of sp³-hybridized carbons (Fsp3) is 0.652. The zero-order chi connectivity index (χ0) is 19.8. The van der Waals surface area contributed by atoms with Gasteiger partial charge in [0.05, 0.1) is 4.08 Å². The third-order valence-electron chi connectivity index (χ3n) is 7.45. The smallest absolute Gasteiger partial charge is 0.227 e. The molecule has 4 nitrogen and oxygen atoms in total. The first-order chi connectivity index (χ1) is 14.2. The lowest BCUT2D eigenvalue weighted by atomic mass is 9.79. The number of carbonyl (C=O) groups is 2. The van der Waals surface area contributed by atoms with E-state index in [4.69, 9.17) is 0 Å². The summed E-state index contributed by atoms with van der Waals surface area (Å²) in [5, 5.41) is 3.02. The molecule has 1 N–H and O–H groups in total. The molecule has 4 aliphatic rings. The summed E-state index contributed by atoms with van der Waals surface area (Å²) in [6.07, 6.45) is 6.36. The first-order valence-corrected chi connectivity index (χ1v) is 13.1. The van der Waals surface area contributed by atoms with Crippen molar-refractivity contribution in [2.24, 2.45) is 23.7 Å². The Morgan fingerprint density at radius 3 is 2.14 bits per heavy atom. The largest absolute Gasteiger partial charge is 0.342 e. The highest BCUT2D eigenvalue weighted by atomic mass is 32.2. The van der Waals surface area contributed by atoms with Crippen molar-refractivity contribution in [2.75, 3.05) is 29.9 Å². The first-order valence-electron chi connectivity index (χ1n) is 11.1. The molecule has 1 unspecified atom stereocenters. The minimum absolute atomic E-state index is 0.0105. The summed E-state index contributed by atoms with van der Waals surface area (Å²) >= 11 is 4.38. The number of hydrogen-bond acceptors (Lipinski definition) is 4. The highest BCUT2D eigenvalue weighted by Gasteiger charge is 2.57. The minimum Gasteiger partial charge on any atom is -0.342 e. The van der Waals surface area contributed by atoms with Crippen LogP contribution in [0.1, 0.15) is 38.5 Å². The highest BCUT2D eigenvalue weighted by molar-refractivity contribution is 8.21. The normalized spacial score (nSPS) is 31.2. The van der Waals surface area contributed by atoms with Gasteiger partial charge in [0.25, 0.3) is 0 Å². The zero-order valence-electron chi connectivity index (χ0n) is 16.8. The van der Waals surface area contributed by atoms with Gasteiger partial charge in [-0.15, -0.1) is 23.5 Å². The van der Waals surface area contributed by atoms with Crippen molar-refractivity contribution in [1.82, 2.24) is 4.90 Å². The summed E-state index contributed by atoms with van der Waals surface area (Å²) in [6, 6.07) is 9.65. The monoisotopic (exact) mass is 430 g/mol. The first kappa shape index (κ1) is 19.8. The third kappa shape index (κ3) is 3.71. The van der Waals surface area contributed by atoms with Crippen LogP contribution in [0.25, 0.3) is 0 Å². The Kier molecular flexibility index (Phi) is 5.59. The molecule has 2 heterocycles. The Hall–Kier alpha value is -1.14. The molecular weight excluding hydrogens is 400 g/mol. The summed E-state index contributed by atoms with van der Waals surface area (Å²) in [7, 11) is 0. The van der Waals surface area contributed by atoms with Crippen molar-refractivity contribution in [2.45, 2.75) is 42.6 Å². The van der Waals surface area contributed by atoms with Crippen LogP contribution >= 0.6 is 23.5 Å². The molecule has 2 saturated heterocycles. The van der Waals surface area contributed by atoms with Crippen LogP contribution in [-0.4, -0.2) is 45.4 Å². The van der Waals surface area contributed by atoms with Gasteiger partial charge in [-0.25, -0.2) is 0 Å². The number of nitrogens with zero attached hydrogens (tertiary/aromatic N) is 1. The molecule has 5 rings (SSSR count). The van der Waals surface area contributed by atoms with E-state index in [0.29, 0.717) is 9.99 Å². The van der Waals surface area contributed by atoms with Crippen LogP contribution in [0.5, 0.6) is 0 Å². The van der Waals surface area contributed by atoms with Crippen molar-refractivity contribution < 1.29 is 9.59 Å². The minimum atomic E-state index is 0.0105. The van der Waals surface area contributed by atoms with Gasteiger partial charge >= 0.3 is 0 Å². The standard InChI is InChI=1S/C23H30N2O2S2/c26-21(24-20-4-2-1-3-5-20)16-8-10-25(11-9-16)22(27)17-14-18-6-7-19(15-17)23(18)28-12-13-29-23/h1-5,16-19H,6-15H2,(H,24,26)/t17?,18-,19+. The average molecular weight is 431 g/mol. The van der Waals surface area contributed by atoms with E-state index in [9.17, 15) is 9.59 Å². The second-order valence-electron chi connectivity index (χ2n) is 9.01. The van der Waals surface area contributed by atoms with Crippen LogP contribution in [-0.2, 0) is 9.59 Å². The van der Waals surface area contributed by atoms with Crippen LogP contribution in [0, 0.1) is 23.7 Å². The van der Waals surface area contributed by atoms with Crippen molar-refractivity contribution in [3.63, 3.8) is 0 Å². The Morgan fingerprint density at radius 1 is 0.897 bits per heavy atom. The number of para-hydroxylation sites is 1. The maximum absolute atomic E-state index is 13.3. The molecule has 1 aromatic carbocycles. The van der Waals surface area contributed by atoms with Crippen molar-refractivity contribution in [1.29, 1.82) is 0 Å². The molecular formula is C23H30N2O2S2. The highest BCUT2D eigenvalue weighted by Crippen LogP contribution is 2.66. The summed E-state index contributed by atoms with van der Waals surface area (Å²) in [5.41, 5.74) is 0.852. The summed E-state index contributed by atoms with van der Waals surface area (Å²) in [5.74, 6) is 4.71.